The van der Waals surface area contributed by atoms with Crippen molar-refractivity contribution in [3.05, 3.63) is 0 Å². The summed E-state index contributed by atoms with van der Waals surface area (Å²) in [5.74, 6) is 0.680. The van der Waals surface area contributed by atoms with Crippen LogP contribution in [0.3, 0.4) is 0 Å². The van der Waals surface area contributed by atoms with Gasteiger partial charge in [0.15, 0.2) is 9.84 Å². The molecular weight excluding hydrogens is 220 g/mol. The van der Waals surface area contributed by atoms with Gasteiger partial charge >= 0.3 is 0 Å². The Hall–Kier alpha value is -0.200. The van der Waals surface area contributed by atoms with Crippen LogP contribution in [0.25, 0.3) is 0 Å². The predicted octanol–water partition coefficient (Wildman–Crippen LogP) is -0.361. The highest BCUT2D eigenvalue weighted by Gasteiger charge is 2.22. The van der Waals surface area contributed by atoms with Gasteiger partial charge in [0.1, 0.15) is 0 Å². The summed E-state index contributed by atoms with van der Waals surface area (Å²) in [6.07, 6.45) is 0. The number of rotatable bonds is 3. The van der Waals surface area contributed by atoms with Gasteiger partial charge < -0.3 is 10.6 Å². The van der Waals surface area contributed by atoms with Crippen molar-refractivity contribution in [3.63, 3.8) is 0 Å². The topological polar surface area (TPSA) is 63.4 Å². The molecule has 1 unspecified atom stereocenters. The van der Waals surface area contributed by atoms with Crippen LogP contribution in [0.2, 0.25) is 0 Å². The third kappa shape index (κ3) is 3.51. The van der Waals surface area contributed by atoms with Crippen LogP contribution in [0.5, 0.6) is 0 Å². The molecule has 1 rings (SSSR count). The average molecular weight is 236 g/mol. The zero-order chi connectivity index (χ0) is 10.8. The smallest absolute Gasteiger partial charge is 0.152 e. The standard InChI is InChI=1S/C8H16N2O2S2/c1-7(8(9)13)6-10-2-4-14(11,12)5-3-10/h7H,2-6H2,1H3,(H2,9,13). The lowest BCUT2D eigenvalue weighted by molar-refractivity contribution is 0.279. The molecule has 82 valence electrons. The Balaban J connectivity index is 2.40. The summed E-state index contributed by atoms with van der Waals surface area (Å²) in [7, 11) is -2.78. The molecule has 1 atom stereocenters. The van der Waals surface area contributed by atoms with Gasteiger partial charge in [-0.3, -0.25) is 0 Å². The van der Waals surface area contributed by atoms with E-state index in [-0.39, 0.29) is 17.4 Å². The lowest BCUT2D eigenvalue weighted by Crippen LogP contribution is -2.43. The number of sulfone groups is 1. The molecule has 0 bridgehead atoms. The highest BCUT2D eigenvalue weighted by atomic mass is 32.2. The number of thiocarbonyl (C=S) groups is 1. The molecule has 1 fully saturated rings. The number of hydrogen-bond donors (Lipinski definition) is 1. The molecule has 6 heteroatoms. The zero-order valence-corrected chi connectivity index (χ0v) is 9.90. The van der Waals surface area contributed by atoms with Gasteiger partial charge in [0.2, 0.25) is 0 Å². The van der Waals surface area contributed by atoms with Gasteiger partial charge in [0, 0.05) is 25.6 Å². The molecule has 0 aliphatic carbocycles. The maximum atomic E-state index is 11.1. The number of nitrogens with zero attached hydrogens (tertiary/aromatic N) is 1. The molecule has 0 aromatic rings. The van der Waals surface area contributed by atoms with Crippen LogP contribution in [-0.2, 0) is 9.84 Å². The molecule has 0 aromatic carbocycles. The molecule has 1 saturated heterocycles. The van der Waals surface area contributed by atoms with E-state index in [0.717, 1.165) is 6.54 Å². The van der Waals surface area contributed by atoms with Gasteiger partial charge in [-0.15, -0.1) is 0 Å². The Morgan fingerprint density at radius 1 is 1.50 bits per heavy atom. The van der Waals surface area contributed by atoms with E-state index < -0.39 is 9.84 Å². The van der Waals surface area contributed by atoms with Crippen LogP contribution in [0, 0.1) is 5.92 Å². The summed E-state index contributed by atoms with van der Waals surface area (Å²) >= 11 is 4.86. The highest BCUT2D eigenvalue weighted by Crippen LogP contribution is 2.07. The summed E-state index contributed by atoms with van der Waals surface area (Å²) in [5, 5.41) is 0. The Bertz CT molecular complexity index is 299. The molecule has 0 radical (unpaired) electrons. The maximum Gasteiger partial charge on any atom is 0.152 e. The van der Waals surface area contributed by atoms with Crippen LogP contribution in [0.4, 0.5) is 0 Å². The molecule has 1 heterocycles. The van der Waals surface area contributed by atoms with Crippen LogP contribution >= 0.6 is 12.2 Å². The van der Waals surface area contributed by atoms with Gasteiger partial charge in [0.05, 0.1) is 16.5 Å². The lowest BCUT2D eigenvalue weighted by atomic mass is 10.1. The molecule has 1 aliphatic heterocycles. The number of hydrogen-bond acceptors (Lipinski definition) is 4. The van der Waals surface area contributed by atoms with E-state index in [4.69, 9.17) is 18.0 Å². The summed E-state index contributed by atoms with van der Waals surface area (Å²) in [5.41, 5.74) is 5.49. The average Bonchev–Trinajstić information content (AvgIpc) is 2.08. The molecule has 4 nitrogen and oxygen atoms in total. The molecule has 0 amide bonds. The largest absolute Gasteiger partial charge is 0.393 e. The van der Waals surface area contributed by atoms with Crippen molar-refractivity contribution in [1.29, 1.82) is 0 Å². The Labute approximate surface area is 90.4 Å². The van der Waals surface area contributed by atoms with Crippen LogP contribution in [0.15, 0.2) is 0 Å². The first-order valence-electron chi connectivity index (χ1n) is 4.63. The van der Waals surface area contributed by atoms with E-state index in [0.29, 0.717) is 18.1 Å². The molecule has 0 aromatic heterocycles. The van der Waals surface area contributed by atoms with Crippen molar-refractivity contribution in [2.45, 2.75) is 6.92 Å². The third-order valence-electron chi connectivity index (χ3n) is 2.45. The minimum Gasteiger partial charge on any atom is -0.393 e. The fourth-order valence-electron chi connectivity index (χ4n) is 1.41. The zero-order valence-electron chi connectivity index (χ0n) is 8.27. The van der Waals surface area contributed by atoms with Crippen LogP contribution < -0.4 is 5.73 Å². The SMILES string of the molecule is CC(CN1CCS(=O)(=O)CC1)C(N)=S. The van der Waals surface area contributed by atoms with Crippen molar-refractivity contribution >= 4 is 27.0 Å². The van der Waals surface area contributed by atoms with Crippen molar-refractivity contribution in [1.82, 2.24) is 4.90 Å². The first kappa shape index (κ1) is 11.9. The van der Waals surface area contributed by atoms with E-state index in [1.54, 1.807) is 0 Å². The second-order valence-corrected chi connectivity index (χ2v) is 6.53. The van der Waals surface area contributed by atoms with E-state index >= 15 is 0 Å². The van der Waals surface area contributed by atoms with Crippen LogP contribution in [0.1, 0.15) is 6.92 Å². The molecule has 14 heavy (non-hydrogen) atoms. The Morgan fingerprint density at radius 3 is 2.43 bits per heavy atom. The molecule has 2 N–H and O–H groups in total. The van der Waals surface area contributed by atoms with E-state index in [1.165, 1.54) is 0 Å². The van der Waals surface area contributed by atoms with Crippen LogP contribution in [-0.4, -0.2) is 49.4 Å². The first-order chi connectivity index (χ1) is 6.41. The second kappa shape index (κ2) is 4.55. The highest BCUT2D eigenvalue weighted by molar-refractivity contribution is 7.91. The Morgan fingerprint density at radius 2 is 2.00 bits per heavy atom. The minimum atomic E-state index is -2.78. The first-order valence-corrected chi connectivity index (χ1v) is 6.86. The normalized spacial score (nSPS) is 24.4. The van der Waals surface area contributed by atoms with Gasteiger partial charge in [-0.1, -0.05) is 19.1 Å². The lowest BCUT2D eigenvalue weighted by Gasteiger charge is -2.28. The predicted molar refractivity (Wildman–Crippen MR) is 61.0 cm³/mol. The monoisotopic (exact) mass is 236 g/mol. The maximum absolute atomic E-state index is 11.1. The van der Waals surface area contributed by atoms with Crippen molar-refractivity contribution in [2.75, 3.05) is 31.1 Å². The van der Waals surface area contributed by atoms with Gasteiger partial charge in [0.25, 0.3) is 0 Å². The quantitative estimate of drug-likeness (QED) is 0.678. The molecule has 0 saturated carbocycles. The van der Waals surface area contributed by atoms with Crippen molar-refractivity contribution < 1.29 is 8.42 Å². The Kier molecular flexibility index (Phi) is 3.86. The third-order valence-corrected chi connectivity index (χ3v) is 4.47. The molecule has 1 aliphatic rings. The summed E-state index contributed by atoms with van der Waals surface area (Å²) < 4.78 is 22.3. The van der Waals surface area contributed by atoms with E-state index in [2.05, 4.69) is 4.90 Å². The molecule has 0 spiro atoms. The van der Waals surface area contributed by atoms with E-state index in [1.807, 2.05) is 6.92 Å². The summed E-state index contributed by atoms with van der Waals surface area (Å²) in [6, 6.07) is 0. The molecular formula is C8H16N2O2S2. The minimum absolute atomic E-state index is 0.158. The van der Waals surface area contributed by atoms with Crippen molar-refractivity contribution in [3.8, 4) is 0 Å². The van der Waals surface area contributed by atoms with Gasteiger partial charge in [-0.25, -0.2) is 8.42 Å². The van der Waals surface area contributed by atoms with Gasteiger partial charge in [-0.05, 0) is 0 Å². The number of nitrogens with two attached hydrogens (primary N) is 1. The van der Waals surface area contributed by atoms with Gasteiger partial charge in [-0.2, -0.15) is 0 Å². The van der Waals surface area contributed by atoms with E-state index in [9.17, 15) is 8.42 Å². The summed E-state index contributed by atoms with van der Waals surface area (Å²) in [4.78, 5) is 2.60. The second-order valence-electron chi connectivity index (χ2n) is 3.76. The fraction of sp³-hybridized carbons (Fsp3) is 0.875. The summed E-state index contributed by atoms with van der Waals surface area (Å²) in [6.45, 7) is 3.95. The fourth-order valence-corrected chi connectivity index (χ4v) is 2.76. The van der Waals surface area contributed by atoms with Crippen molar-refractivity contribution in [2.24, 2.45) is 11.7 Å².